The number of likely N-dealkylation sites (N-methyl/N-ethyl adjacent to an activating group) is 1. The van der Waals surface area contributed by atoms with Crippen LogP contribution in [-0.4, -0.2) is 23.0 Å². The summed E-state index contributed by atoms with van der Waals surface area (Å²) in [4.78, 5) is 15.4. The van der Waals surface area contributed by atoms with E-state index in [1.165, 1.54) is 12.1 Å². The van der Waals surface area contributed by atoms with Crippen molar-refractivity contribution in [1.29, 1.82) is 0 Å². The Morgan fingerprint density at radius 1 is 1.50 bits per heavy atom. The Hall–Kier alpha value is -1.49. The zero-order valence-electron chi connectivity index (χ0n) is 9.67. The average Bonchev–Trinajstić information content (AvgIpc) is 2.17. The number of rotatable bonds is 4. The van der Waals surface area contributed by atoms with Crippen LogP contribution in [0.15, 0.2) is 18.2 Å². The van der Waals surface area contributed by atoms with Crippen LogP contribution in [-0.2, 0) is 4.79 Å². The summed E-state index contributed by atoms with van der Waals surface area (Å²) in [7, 11) is 0. The summed E-state index contributed by atoms with van der Waals surface area (Å²) in [6.07, 6.45) is 0. The van der Waals surface area contributed by atoms with Gasteiger partial charge >= 0.3 is 0 Å². The number of carbonyl (C=O) groups is 1. The van der Waals surface area contributed by atoms with Crippen LogP contribution in [0.4, 0.5) is 10.2 Å². The number of hydrogen-bond donors (Lipinski definition) is 2. The second-order valence-electron chi connectivity index (χ2n) is 3.96. The molecule has 0 aliphatic rings. The minimum Gasteiger partial charge on any atom is -0.309 e. The Morgan fingerprint density at radius 2 is 2.19 bits per heavy atom. The van der Waals surface area contributed by atoms with Crippen LogP contribution in [0.5, 0.6) is 0 Å². The Bertz CT molecular complexity index is 379. The summed E-state index contributed by atoms with van der Waals surface area (Å²) < 4.78 is 12.8. The maximum Gasteiger partial charge on any atom is 0.245 e. The number of nitrogens with one attached hydrogen (secondary N) is 2. The molecule has 0 bridgehead atoms. The van der Waals surface area contributed by atoms with Gasteiger partial charge in [-0.25, -0.2) is 4.98 Å². The highest BCUT2D eigenvalue weighted by Gasteiger charge is 2.26. The molecule has 0 saturated carbocycles. The van der Waals surface area contributed by atoms with Crippen LogP contribution in [0, 0.1) is 5.95 Å². The third-order valence-corrected chi connectivity index (χ3v) is 2.14. The van der Waals surface area contributed by atoms with Crippen LogP contribution < -0.4 is 10.6 Å². The first-order valence-electron chi connectivity index (χ1n) is 5.14. The van der Waals surface area contributed by atoms with Crippen molar-refractivity contribution in [2.24, 2.45) is 0 Å². The zero-order valence-corrected chi connectivity index (χ0v) is 9.67. The van der Waals surface area contributed by atoms with Gasteiger partial charge in [0.05, 0.1) is 5.54 Å². The number of halogens is 1. The average molecular weight is 225 g/mol. The molecule has 1 amide bonds. The van der Waals surface area contributed by atoms with Crippen molar-refractivity contribution in [1.82, 2.24) is 10.3 Å². The van der Waals surface area contributed by atoms with E-state index >= 15 is 0 Å². The maximum atomic E-state index is 12.8. The van der Waals surface area contributed by atoms with Gasteiger partial charge in [-0.05, 0) is 32.5 Å². The molecule has 1 heterocycles. The number of nitrogens with zero attached hydrogens (tertiary/aromatic N) is 1. The van der Waals surface area contributed by atoms with E-state index in [1.54, 1.807) is 19.9 Å². The number of hydrogen-bond acceptors (Lipinski definition) is 3. The lowest BCUT2D eigenvalue weighted by molar-refractivity contribution is -0.121. The van der Waals surface area contributed by atoms with E-state index < -0.39 is 11.5 Å². The highest BCUT2D eigenvalue weighted by atomic mass is 19.1. The summed E-state index contributed by atoms with van der Waals surface area (Å²) in [5, 5.41) is 5.58. The summed E-state index contributed by atoms with van der Waals surface area (Å²) in [5.74, 6) is -0.637. The fraction of sp³-hybridized carbons (Fsp3) is 0.455. The minimum absolute atomic E-state index is 0.218. The quantitative estimate of drug-likeness (QED) is 0.764. The first kappa shape index (κ1) is 12.6. The van der Waals surface area contributed by atoms with Gasteiger partial charge in [0.2, 0.25) is 11.9 Å². The molecular weight excluding hydrogens is 209 g/mol. The standard InChI is InChI=1S/C11H16FN3O/c1-4-13-11(2,3)10(16)15-9-7-5-6-8(12)14-9/h5-7,13H,4H2,1-3H3,(H,14,15,16). The molecule has 16 heavy (non-hydrogen) atoms. The summed E-state index contributed by atoms with van der Waals surface area (Å²) in [6, 6.07) is 4.27. The predicted octanol–water partition coefficient (Wildman–Crippen LogP) is 1.55. The Balaban J connectivity index is 2.71. The van der Waals surface area contributed by atoms with Crippen LogP contribution in [0.2, 0.25) is 0 Å². The molecule has 0 aromatic carbocycles. The molecular formula is C11H16FN3O. The van der Waals surface area contributed by atoms with Gasteiger partial charge in [0.25, 0.3) is 0 Å². The highest BCUT2D eigenvalue weighted by Crippen LogP contribution is 2.08. The van der Waals surface area contributed by atoms with Gasteiger partial charge < -0.3 is 10.6 Å². The maximum absolute atomic E-state index is 12.8. The van der Waals surface area contributed by atoms with Gasteiger partial charge in [0.1, 0.15) is 5.82 Å². The van der Waals surface area contributed by atoms with E-state index in [9.17, 15) is 9.18 Å². The fourth-order valence-corrected chi connectivity index (χ4v) is 1.27. The van der Waals surface area contributed by atoms with Gasteiger partial charge in [-0.2, -0.15) is 4.39 Å². The molecule has 1 aromatic rings. The second kappa shape index (κ2) is 5.03. The lowest BCUT2D eigenvalue weighted by atomic mass is 10.0. The molecule has 0 fully saturated rings. The molecule has 4 nitrogen and oxygen atoms in total. The monoisotopic (exact) mass is 225 g/mol. The Labute approximate surface area is 94.3 Å². The largest absolute Gasteiger partial charge is 0.309 e. The number of anilines is 1. The van der Waals surface area contributed by atoms with Crippen molar-refractivity contribution < 1.29 is 9.18 Å². The van der Waals surface area contributed by atoms with E-state index in [1.807, 2.05) is 6.92 Å². The van der Waals surface area contributed by atoms with Crippen molar-refractivity contribution in [2.45, 2.75) is 26.3 Å². The third kappa shape index (κ3) is 3.27. The molecule has 0 spiro atoms. The summed E-state index contributed by atoms with van der Waals surface area (Å²) >= 11 is 0. The fourth-order valence-electron chi connectivity index (χ4n) is 1.27. The molecule has 1 aromatic heterocycles. The van der Waals surface area contributed by atoms with Crippen molar-refractivity contribution in [3.8, 4) is 0 Å². The number of amides is 1. The van der Waals surface area contributed by atoms with Crippen molar-refractivity contribution in [3.63, 3.8) is 0 Å². The van der Waals surface area contributed by atoms with Crippen LogP contribution >= 0.6 is 0 Å². The third-order valence-electron chi connectivity index (χ3n) is 2.14. The molecule has 0 aliphatic heterocycles. The van der Waals surface area contributed by atoms with Crippen molar-refractivity contribution in [2.75, 3.05) is 11.9 Å². The van der Waals surface area contributed by atoms with E-state index in [0.29, 0.717) is 6.54 Å². The Morgan fingerprint density at radius 3 is 2.75 bits per heavy atom. The molecule has 0 unspecified atom stereocenters. The lowest BCUT2D eigenvalue weighted by Gasteiger charge is -2.24. The molecule has 0 atom stereocenters. The van der Waals surface area contributed by atoms with E-state index in [-0.39, 0.29) is 11.7 Å². The number of carbonyl (C=O) groups excluding carboxylic acids is 1. The molecule has 88 valence electrons. The van der Waals surface area contributed by atoms with E-state index in [2.05, 4.69) is 15.6 Å². The van der Waals surface area contributed by atoms with Gasteiger partial charge in [-0.3, -0.25) is 4.79 Å². The SMILES string of the molecule is CCNC(C)(C)C(=O)Nc1cccc(F)n1. The number of pyridine rings is 1. The van der Waals surface area contributed by atoms with Gasteiger partial charge in [0.15, 0.2) is 0 Å². The smallest absolute Gasteiger partial charge is 0.245 e. The van der Waals surface area contributed by atoms with Gasteiger partial charge in [-0.15, -0.1) is 0 Å². The highest BCUT2D eigenvalue weighted by molar-refractivity contribution is 5.96. The van der Waals surface area contributed by atoms with Crippen LogP contribution in [0.3, 0.4) is 0 Å². The van der Waals surface area contributed by atoms with E-state index in [0.717, 1.165) is 0 Å². The van der Waals surface area contributed by atoms with Crippen LogP contribution in [0.1, 0.15) is 20.8 Å². The van der Waals surface area contributed by atoms with Crippen molar-refractivity contribution in [3.05, 3.63) is 24.1 Å². The van der Waals surface area contributed by atoms with E-state index in [4.69, 9.17) is 0 Å². The zero-order chi connectivity index (χ0) is 12.2. The van der Waals surface area contributed by atoms with Crippen LogP contribution in [0.25, 0.3) is 0 Å². The predicted molar refractivity (Wildman–Crippen MR) is 60.6 cm³/mol. The summed E-state index contributed by atoms with van der Waals surface area (Å²) in [6.45, 7) is 6.10. The normalized spacial score (nSPS) is 11.2. The molecule has 1 rings (SSSR count). The Kier molecular flexibility index (Phi) is 3.95. The molecule has 2 N–H and O–H groups in total. The second-order valence-corrected chi connectivity index (χ2v) is 3.96. The first-order valence-corrected chi connectivity index (χ1v) is 5.14. The minimum atomic E-state index is -0.706. The van der Waals surface area contributed by atoms with Gasteiger partial charge in [-0.1, -0.05) is 13.0 Å². The van der Waals surface area contributed by atoms with Crippen molar-refractivity contribution >= 4 is 11.7 Å². The topological polar surface area (TPSA) is 54.0 Å². The lowest BCUT2D eigenvalue weighted by Crippen LogP contribution is -2.49. The number of aromatic nitrogens is 1. The molecule has 0 aliphatic carbocycles. The molecule has 0 radical (unpaired) electrons. The molecule has 5 heteroatoms. The van der Waals surface area contributed by atoms with Gasteiger partial charge in [0, 0.05) is 0 Å². The summed E-state index contributed by atoms with van der Waals surface area (Å²) in [5.41, 5.74) is -0.706. The molecule has 0 saturated heterocycles. The first-order chi connectivity index (χ1) is 7.45.